The number of ether oxygens (including phenoxy) is 1. The van der Waals surface area contributed by atoms with Crippen LogP contribution in [0.1, 0.15) is 20.8 Å². The van der Waals surface area contributed by atoms with E-state index < -0.39 is 0 Å². The molecule has 3 rings (SSSR count). The minimum Gasteiger partial charge on any atom is -0.494 e. The molecular weight excluding hydrogens is 408 g/mol. The van der Waals surface area contributed by atoms with Gasteiger partial charge in [-0.25, -0.2) is 0 Å². The van der Waals surface area contributed by atoms with Crippen LogP contribution in [0.25, 0.3) is 11.4 Å². The lowest BCUT2D eigenvalue weighted by Crippen LogP contribution is -2.22. The van der Waals surface area contributed by atoms with E-state index in [2.05, 4.69) is 15.5 Å². The van der Waals surface area contributed by atoms with Gasteiger partial charge < -0.3 is 14.6 Å². The molecule has 1 aromatic heterocycles. The van der Waals surface area contributed by atoms with E-state index in [1.165, 1.54) is 11.8 Å². The van der Waals surface area contributed by atoms with Crippen LogP contribution in [0.5, 0.6) is 5.75 Å². The molecule has 2 aromatic carbocycles. The molecule has 1 atom stereocenters. The van der Waals surface area contributed by atoms with Gasteiger partial charge in [0.1, 0.15) is 5.75 Å². The molecule has 0 aliphatic carbocycles. The number of aromatic nitrogens is 3. The summed E-state index contributed by atoms with van der Waals surface area (Å²) in [6, 6.07) is 14.8. The van der Waals surface area contributed by atoms with Crippen molar-refractivity contribution in [1.29, 1.82) is 0 Å². The molecule has 0 aliphatic heterocycles. The van der Waals surface area contributed by atoms with E-state index in [0.717, 1.165) is 22.8 Å². The van der Waals surface area contributed by atoms with Crippen LogP contribution in [-0.2, 0) is 11.3 Å². The number of anilines is 1. The summed E-state index contributed by atoms with van der Waals surface area (Å²) in [6.07, 6.45) is 0. The summed E-state index contributed by atoms with van der Waals surface area (Å²) in [4.78, 5) is 12.6. The normalized spacial score (nSPS) is 11.9. The molecule has 1 amide bonds. The highest BCUT2D eigenvalue weighted by atomic mass is 35.5. The Kier molecular flexibility index (Phi) is 7.17. The Morgan fingerprint density at radius 1 is 1.14 bits per heavy atom. The third-order valence-electron chi connectivity index (χ3n) is 4.22. The summed E-state index contributed by atoms with van der Waals surface area (Å²) in [5.41, 5.74) is 1.66. The third-order valence-corrected chi connectivity index (χ3v) is 5.55. The Morgan fingerprint density at radius 2 is 1.83 bits per heavy atom. The molecule has 8 heteroatoms. The summed E-state index contributed by atoms with van der Waals surface area (Å²) >= 11 is 7.35. The molecular formula is C21H23ClN4O2S. The van der Waals surface area contributed by atoms with E-state index >= 15 is 0 Å². The summed E-state index contributed by atoms with van der Waals surface area (Å²) in [6.45, 7) is 7.11. The van der Waals surface area contributed by atoms with Crippen molar-refractivity contribution in [2.24, 2.45) is 0 Å². The predicted octanol–water partition coefficient (Wildman–Crippen LogP) is 5.14. The monoisotopic (exact) mass is 430 g/mol. The quantitative estimate of drug-likeness (QED) is 0.501. The van der Waals surface area contributed by atoms with Gasteiger partial charge in [0.15, 0.2) is 11.0 Å². The molecule has 0 saturated carbocycles. The van der Waals surface area contributed by atoms with Gasteiger partial charge in [0.05, 0.1) is 11.9 Å². The van der Waals surface area contributed by atoms with Gasteiger partial charge >= 0.3 is 0 Å². The van der Waals surface area contributed by atoms with Crippen LogP contribution in [0.3, 0.4) is 0 Å². The zero-order chi connectivity index (χ0) is 20.8. The van der Waals surface area contributed by atoms with Crippen LogP contribution in [0, 0.1) is 0 Å². The van der Waals surface area contributed by atoms with E-state index in [4.69, 9.17) is 16.3 Å². The summed E-state index contributed by atoms with van der Waals surface area (Å²) < 4.78 is 7.42. The number of nitrogens with zero attached hydrogens (tertiary/aromatic N) is 3. The van der Waals surface area contributed by atoms with Crippen LogP contribution in [0.4, 0.5) is 5.69 Å². The van der Waals surface area contributed by atoms with Gasteiger partial charge in [-0.05, 0) is 69.3 Å². The van der Waals surface area contributed by atoms with E-state index in [1.807, 2.05) is 73.9 Å². The average molecular weight is 431 g/mol. The maximum absolute atomic E-state index is 12.6. The first-order valence-electron chi connectivity index (χ1n) is 9.41. The fourth-order valence-electron chi connectivity index (χ4n) is 2.73. The molecule has 0 fully saturated rings. The van der Waals surface area contributed by atoms with Crippen molar-refractivity contribution in [2.75, 3.05) is 11.9 Å². The fraction of sp³-hybridized carbons (Fsp3) is 0.286. The zero-order valence-electron chi connectivity index (χ0n) is 16.6. The number of nitrogens with one attached hydrogen (secondary N) is 1. The molecule has 0 radical (unpaired) electrons. The van der Waals surface area contributed by atoms with Gasteiger partial charge in [-0.1, -0.05) is 23.4 Å². The molecule has 29 heavy (non-hydrogen) atoms. The maximum atomic E-state index is 12.6. The molecule has 0 saturated heterocycles. The SMILES string of the molecule is CCOc1ccc(NC(=O)C(C)Sc2nnc(-c3ccc(Cl)cc3)n2CC)cc1. The number of thioether (sulfide) groups is 1. The largest absolute Gasteiger partial charge is 0.494 e. The van der Waals surface area contributed by atoms with Crippen LogP contribution in [0.2, 0.25) is 5.02 Å². The van der Waals surface area contributed by atoms with Gasteiger partial charge in [-0.3, -0.25) is 4.79 Å². The third kappa shape index (κ3) is 5.31. The molecule has 1 N–H and O–H groups in total. The van der Waals surface area contributed by atoms with Crippen molar-refractivity contribution in [3.63, 3.8) is 0 Å². The maximum Gasteiger partial charge on any atom is 0.237 e. The molecule has 1 heterocycles. The second kappa shape index (κ2) is 9.80. The molecule has 152 valence electrons. The van der Waals surface area contributed by atoms with E-state index in [1.54, 1.807) is 0 Å². The summed E-state index contributed by atoms with van der Waals surface area (Å²) in [5, 5.41) is 12.6. The molecule has 3 aromatic rings. The highest BCUT2D eigenvalue weighted by Gasteiger charge is 2.20. The lowest BCUT2D eigenvalue weighted by Gasteiger charge is -2.13. The predicted molar refractivity (Wildman–Crippen MR) is 118 cm³/mol. The number of hydrogen-bond donors (Lipinski definition) is 1. The first-order chi connectivity index (χ1) is 14.0. The van der Waals surface area contributed by atoms with Gasteiger partial charge in [-0.2, -0.15) is 0 Å². The number of amides is 1. The number of hydrogen-bond acceptors (Lipinski definition) is 5. The van der Waals surface area contributed by atoms with Gasteiger partial charge in [0.25, 0.3) is 0 Å². The Morgan fingerprint density at radius 3 is 2.45 bits per heavy atom. The Hall–Kier alpha value is -2.51. The van der Waals surface area contributed by atoms with Crippen LogP contribution < -0.4 is 10.1 Å². The van der Waals surface area contributed by atoms with E-state index in [-0.39, 0.29) is 11.2 Å². The number of rotatable bonds is 8. The van der Waals surface area contributed by atoms with Crippen molar-refractivity contribution in [1.82, 2.24) is 14.8 Å². The highest BCUT2D eigenvalue weighted by Crippen LogP contribution is 2.28. The van der Waals surface area contributed by atoms with E-state index in [0.29, 0.717) is 23.3 Å². The number of halogens is 1. The second-order valence-electron chi connectivity index (χ2n) is 6.26. The van der Waals surface area contributed by atoms with Gasteiger partial charge in [-0.15, -0.1) is 10.2 Å². The smallest absolute Gasteiger partial charge is 0.237 e. The Balaban J connectivity index is 1.68. The molecule has 0 aliphatic rings. The second-order valence-corrected chi connectivity index (χ2v) is 8.01. The Labute approximate surface area is 179 Å². The number of carbonyl (C=O) groups is 1. The van der Waals surface area contributed by atoms with E-state index in [9.17, 15) is 4.79 Å². The first-order valence-corrected chi connectivity index (χ1v) is 10.7. The molecule has 0 bridgehead atoms. The zero-order valence-corrected chi connectivity index (χ0v) is 18.1. The average Bonchev–Trinajstić information content (AvgIpc) is 3.12. The van der Waals surface area contributed by atoms with Crippen LogP contribution in [-0.4, -0.2) is 32.5 Å². The standard InChI is InChI=1S/C21H23ClN4O2S/c1-4-26-19(15-6-8-16(22)9-7-15)24-25-21(26)29-14(3)20(27)23-17-10-12-18(13-11-17)28-5-2/h6-14H,4-5H2,1-3H3,(H,23,27). The van der Waals surface area contributed by atoms with Crippen molar-refractivity contribution in [2.45, 2.75) is 37.7 Å². The van der Waals surface area contributed by atoms with Gasteiger partial charge in [0, 0.05) is 22.8 Å². The topological polar surface area (TPSA) is 69.0 Å². The number of benzene rings is 2. The summed E-state index contributed by atoms with van der Waals surface area (Å²) in [7, 11) is 0. The molecule has 6 nitrogen and oxygen atoms in total. The minimum absolute atomic E-state index is 0.0992. The highest BCUT2D eigenvalue weighted by molar-refractivity contribution is 8.00. The minimum atomic E-state index is -0.339. The first kappa shape index (κ1) is 21.2. The number of carbonyl (C=O) groups excluding carboxylic acids is 1. The van der Waals surface area contributed by atoms with Crippen LogP contribution >= 0.6 is 23.4 Å². The van der Waals surface area contributed by atoms with Gasteiger partial charge in [0.2, 0.25) is 5.91 Å². The molecule has 0 spiro atoms. The van der Waals surface area contributed by atoms with Crippen molar-refractivity contribution < 1.29 is 9.53 Å². The fourth-order valence-corrected chi connectivity index (χ4v) is 3.77. The van der Waals surface area contributed by atoms with Crippen molar-refractivity contribution >= 4 is 35.0 Å². The van der Waals surface area contributed by atoms with Crippen molar-refractivity contribution in [3.05, 3.63) is 53.6 Å². The Bertz CT molecular complexity index is 958. The van der Waals surface area contributed by atoms with Crippen molar-refractivity contribution in [3.8, 4) is 17.1 Å². The summed E-state index contributed by atoms with van der Waals surface area (Å²) in [5.74, 6) is 1.43. The molecule has 1 unspecified atom stereocenters. The van der Waals surface area contributed by atoms with Crippen LogP contribution in [0.15, 0.2) is 53.7 Å². The lowest BCUT2D eigenvalue weighted by atomic mass is 10.2. The lowest BCUT2D eigenvalue weighted by molar-refractivity contribution is -0.115.